The van der Waals surface area contributed by atoms with E-state index in [-0.39, 0.29) is 17.8 Å². The zero-order valence-corrected chi connectivity index (χ0v) is 16.3. The monoisotopic (exact) mass is 383 g/mol. The minimum atomic E-state index is -0.280. The van der Waals surface area contributed by atoms with E-state index in [1.165, 1.54) is 7.11 Å². The minimum Gasteiger partial charge on any atom is -0.493 e. The Morgan fingerprint density at radius 2 is 2.08 bits per heavy atom. The van der Waals surface area contributed by atoms with Crippen molar-refractivity contribution in [1.29, 1.82) is 0 Å². The molecular formula is C19H26ClNO5. The molecule has 0 N–H and O–H groups in total. The lowest BCUT2D eigenvalue weighted by molar-refractivity contribution is -0.149. The van der Waals surface area contributed by atoms with Crippen LogP contribution in [0.1, 0.15) is 43.5 Å². The van der Waals surface area contributed by atoms with Crippen molar-refractivity contribution in [3.05, 3.63) is 22.7 Å². The van der Waals surface area contributed by atoms with Crippen molar-refractivity contribution in [2.75, 3.05) is 33.4 Å². The Hall–Kier alpha value is -1.95. The second kappa shape index (κ2) is 9.67. The molecule has 1 aromatic rings. The van der Waals surface area contributed by atoms with Crippen LogP contribution < -0.4 is 9.47 Å². The average Bonchev–Trinajstić information content (AvgIpc) is 2.66. The van der Waals surface area contributed by atoms with E-state index < -0.39 is 0 Å². The maximum absolute atomic E-state index is 12.9. The van der Waals surface area contributed by atoms with Crippen LogP contribution >= 0.6 is 11.6 Å². The van der Waals surface area contributed by atoms with E-state index in [2.05, 4.69) is 0 Å². The lowest BCUT2D eigenvalue weighted by Gasteiger charge is -2.31. The van der Waals surface area contributed by atoms with E-state index in [9.17, 15) is 9.59 Å². The lowest BCUT2D eigenvalue weighted by Crippen LogP contribution is -2.42. The molecule has 1 saturated heterocycles. The first-order valence-corrected chi connectivity index (χ1v) is 9.35. The maximum Gasteiger partial charge on any atom is 0.310 e. The first-order chi connectivity index (χ1) is 12.5. The van der Waals surface area contributed by atoms with E-state index in [0.717, 1.165) is 19.3 Å². The van der Waals surface area contributed by atoms with Crippen LogP contribution in [-0.4, -0.2) is 50.2 Å². The molecule has 1 amide bonds. The van der Waals surface area contributed by atoms with Gasteiger partial charge in [0.25, 0.3) is 5.91 Å². The van der Waals surface area contributed by atoms with E-state index in [1.54, 1.807) is 24.0 Å². The Kier molecular flexibility index (Phi) is 7.57. The highest BCUT2D eigenvalue weighted by atomic mass is 35.5. The van der Waals surface area contributed by atoms with Crippen molar-refractivity contribution >= 4 is 23.5 Å². The molecule has 7 heteroatoms. The summed E-state index contributed by atoms with van der Waals surface area (Å²) >= 11 is 6.30. The zero-order chi connectivity index (χ0) is 19.1. The molecule has 1 heterocycles. The molecule has 1 unspecified atom stereocenters. The molecule has 0 aromatic heterocycles. The van der Waals surface area contributed by atoms with Crippen LogP contribution in [0.2, 0.25) is 5.02 Å². The third-order valence-corrected chi connectivity index (χ3v) is 4.54. The smallest absolute Gasteiger partial charge is 0.310 e. The van der Waals surface area contributed by atoms with Gasteiger partial charge < -0.3 is 19.1 Å². The molecule has 0 spiro atoms. The fourth-order valence-electron chi connectivity index (χ4n) is 2.98. The largest absolute Gasteiger partial charge is 0.493 e. The molecule has 26 heavy (non-hydrogen) atoms. The molecule has 1 fully saturated rings. The first-order valence-electron chi connectivity index (χ1n) is 8.98. The summed E-state index contributed by atoms with van der Waals surface area (Å²) in [6, 6.07) is 3.22. The van der Waals surface area contributed by atoms with Crippen molar-refractivity contribution in [1.82, 2.24) is 4.90 Å². The fourth-order valence-corrected chi connectivity index (χ4v) is 3.25. The highest BCUT2D eigenvalue weighted by molar-refractivity contribution is 6.32. The number of halogens is 1. The zero-order valence-electron chi connectivity index (χ0n) is 15.5. The van der Waals surface area contributed by atoms with Crippen molar-refractivity contribution < 1.29 is 23.8 Å². The summed E-state index contributed by atoms with van der Waals surface area (Å²) in [5, 5.41) is 0.333. The Morgan fingerprint density at radius 1 is 1.31 bits per heavy atom. The summed E-state index contributed by atoms with van der Waals surface area (Å²) < 4.78 is 16.0. The molecule has 1 aliphatic heterocycles. The number of rotatable bonds is 7. The molecule has 0 aliphatic carbocycles. The molecule has 0 bridgehead atoms. The van der Waals surface area contributed by atoms with Crippen LogP contribution in [0.5, 0.6) is 11.5 Å². The van der Waals surface area contributed by atoms with E-state index >= 15 is 0 Å². The van der Waals surface area contributed by atoms with E-state index in [4.69, 9.17) is 25.8 Å². The van der Waals surface area contributed by atoms with Gasteiger partial charge in [0.05, 0.1) is 31.3 Å². The number of nitrogens with zero attached hydrogens (tertiary/aromatic N) is 1. The number of hydrogen-bond donors (Lipinski definition) is 0. The predicted molar refractivity (Wildman–Crippen MR) is 99.1 cm³/mol. The number of amides is 1. The molecule has 0 saturated carbocycles. The molecule has 144 valence electrons. The molecule has 1 aliphatic rings. The maximum atomic E-state index is 12.9. The third-order valence-electron chi connectivity index (χ3n) is 4.26. The summed E-state index contributed by atoms with van der Waals surface area (Å²) in [5.41, 5.74) is 0.417. The van der Waals surface area contributed by atoms with Gasteiger partial charge in [-0.15, -0.1) is 0 Å². The van der Waals surface area contributed by atoms with Gasteiger partial charge in [0.15, 0.2) is 11.5 Å². The van der Waals surface area contributed by atoms with Gasteiger partial charge in [0.2, 0.25) is 0 Å². The summed E-state index contributed by atoms with van der Waals surface area (Å²) in [4.78, 5) is 26.5. The lowest BCUT2D eigenvalue weighted by atomic mass is 9.97. The number of ether oxygens (including phenoxy) is 3. The molecule has 1 atom stereocenters. The minimum absolute atomic E-state index is 0.179. The van der Waals surface area contributed by atoms with Gasteiger partial charge in [-0.2, -0.15) is 0 Å². The summed E-state index contributed by atoms with van der Waals surface area (Å²) in [6.45, 7) is 5.58. The Morgan fingerprint density at radius 3 is 2.73 bits per heavy atom. The number of benzene rings is 1. The second-order valence-electron chi connectivity index (χ2n) is 6.18. The quantitative estimate of drug-likeness (QED) is 0.673. The standard InChI is InChI=1S/C19H26ClNO5/c1-4-9-26-17-15(20)10-14(11-16(17)24-3)18(22)21-8-6-7-13(12-21)19(23)25-5-2/h10-11,13H,4-9,12H2,1-3H3. The number of piperidine rings is 1. The van der Waals surface area contributed by atoms with Gasteiger partial charge in [-0.05, 0) is 38.3 Å². The molecule has 1 aromatic carbocycles. The molecular weight excluding hydrogens is 358 g/mol. The van der Waals surface area contributed by atoms with Gasteiger partial charge in [0.1, 0.15) is 0 Å². The van der Waals surface area contributed by atoms with Crippen LogP contribution in [0.4, 0.5) is 0 Å². The summed E-state index contributed by atoms with van der Waals surface area (Å²) in [5.74, 6) is 0.159. The number of carbonyl (C=O) groups is 2. The molecule has 2 rings (SSSR count). The molecule has 0 radical (unpaired) electrons. The van der Waals surface area contributed by atoms with E-state index in [0.29, 0.717) is 48.4 Å². The van der Waals surface area contributed by atoms with Crippen LogP contribution in [0.15, 0.2) is 12.1 Å². The Bertz CT molecular complexity index is 649. The second-order valence-corrected chi connectivity index (χ2v) is 6.59. The summed E-state index contributed by atoms with van der Waals surface area (Å²) in [7, 11) is 1.51. The Balaban J connectivity index is 2.18. The Labute approximate surface area is 159 Å². The number of hydrogen-bond acceptors (Lipinski definition) is 5. The predicted octanol–water partition coefficient (Wildman–Crippen LogP) is 3.55. The number of likely N-dealkylation sites (tertiary alicyclic amines) is 1. The van der Waals surface area contributed by atoms with Crippen LogP contribution in [0.3, 0.4) is 0 Å². The number of methoxy groups -OCH3 is 1. The normalized spacial score (nSPS) is 16.9. The van der Waals surface area contributed by atoms with Crippen molar-refractivity contribution in [3.63, 3.8) is 0 Å². The van der Waals surface area contributed by atoms with Gasteiger partial charge in [-0.1, -0.05) is 18.5 Å². The number of esters is 1. The fraction of sp³-hybridized carbons (Fsp3) is 0.579. The highest BCUT2D eigenvalue weighted by Crippen LogP contribution is 2.37. The average molecular weight is 384 g/mol. The highest BCUT2D eigenvalue weighted by Gasteiger charge is 2.30. The topological polar surface area (TPSA) is 65.1 Å². The van der Waals surface area contributed by atoms with Crippen molar-refractivity contribution in [2.45, 2.75) is 33.1 Å². The molecule has 6 nitrogen and oxygen atoms in total. The summed E-state index contributed by atoms with van der Waals surface area (Å²) in [6.07, 6.45) is 2.33. The van der Waals surface area contributed by atoms with Crippen molar-refractivity contribution in [2.24, 2.45) is 5.92 Å². The van der Waals surface area contributed by atoms with Crippen molar-refractivity contribution in [3.8, 4) is 11.5 Å². The third kappa shape index (κ3) is 4.81. The first kappa shape index (κ1) is 20.4. The van der Waals surface area contributed by atoms with Crippen LogP contribution in [-0.2, 0) is 9.53 Å². The SMILES string of the molecule is CCCOc1c(Cl)cc(C(=O)N2CCCC(C(=O)OCC)C2)cc1OC. The van der Waals surface area contributed by atoms with Gasteiger partial charge >= 0.3 is 5.97 Å². The van der Waals surface area contributed by atoms with E-state index in [1.807, 2.05) is 6.92 Å². The van der Waals surface area contributed by atoms with Gasteiger partial charge in [-0.3, -0.25) is 9.59 Å². The van der Waals surface area contributed by atoms with Gasteiger partial charge in [0, 0.05) is 18.7 Å². The van der Waals surface area contributed by atoms with Crippen LogP contribution in [0, 0.1) is 5.92 Å². The van der Waals surface area contributed by atoms with Crippen LogP contribution in [0.25, 0.3) is 0 Å². The number of carbonyl (C=O) groups excluding carboxylic acids is 2. The van der Waals surface area contributed by atoms with Gasteiger partial charge in [-0.25, -0.2) is 0 Å².